The Kier molecular flexibility index (Phi) is 5.62. The molecule has 7 nitrogen and oxygen atoms in total. The second kappa shape index (κ2) is 7.49. The topological polar surface area (TPSA) is 119 Å². The van der Waals surface area contributed by atoms with E-state index in [2.05, 4.69) is 0 Å². The Hall–Kier alpha value is -2.34. The molecule has 0 saturated heterocycles. The third-order valence-corrected chi connectivity index (χ3v) is 4.09. The van der Waals surface area contributed by atoms with E-state index >= 15 is 0 Å². The predicted octanol–water partition coefficient (Wildman–Crippen LogP) is 2.51. The summed E-state index contributed by atoms with van der Waals surface area (Å²) in [5.41, 5.74) is 6.83. The molecule has 0 bridgehead atoms. The van der Waals surface area contributed by atoms with Gasteiger partial charge in [-0.3, -0.25) is 9.69 Å². The van der Waals surface area contributed by atoms with Crippen LogP contribution in [0.3, 0.4) is 0 Å². The molecule has 2 aromatic carbocycles. The van der Waals surface area contributed by atoms with Gasteiger partial charge in [-0.25, -0.2) is 4.57 Å². The number of rotatable bonds is 7. The van der Waals surface area contributed by atoms with Crippen molar-refractivity contribution in [2.75, 3.05) is 0 Å². The van der Waals surface area contributed by atoms with Crippen molar-refractivity contribution in [1.29, 1.82) is 0 Å². The summed E-state index contributed by atoms with van der Waals surface area (Å²) in [6.07, 6.45) is 0.145. The molecule has 0 amide bonds. The summed E-state index contributed by atoms with van der Waals surface area (Å²) in [6, 6.07) is 11.8. The van der Waals surface area contributed by atoms with E-state index in [1.54, 1.807) is 43.3 Å². The minimum Gasteiger partial charge on any atom is -0.480 e. The van der Waals surface area contributed by atoms with Crippen LogP contribution in [0.25, 0.3) is 0 Å². The van der Waals surface area contributed by atoms with Crippen molar-refractivity contribution >= 4 is 13.8 Å². The third kappa shape index (κ3) is 5.09. The van der Waals surface area contributed by atoms with Gasteiger partial charge >= 0.3 is 13.8 Å². The van der Waals surface area contributed by atoms with Crippen molar-refractivity contribution in [1.82, 2.24) is 0 Å². The Morgan fingerprint density at radius 3 is 2.38 bits per heavy atom. The van der Waals surface area contributed by atoms with E-state index in [0.29, 0.717) is 11.1 Å². The number of carboxylic acids is 1. The highest BCUT2D eigenvalue weighted by Crippen LogP contribution is 2.45. The molecule has 0 aliphatic heterocycles. The van der Waals surface area contributed by atoms with E-state index in [0.717, 1.165) is 0 Å². The van der Waals surface area contributed by atoms with Crippen molar-refractivity contribution in [2.24, 2.45) is 5.73 Å². The minimum absolute atomic E-state index is 0.127. The Balaban J connectivity index is 2.03. The average Bonchev–Trinajstić information content (AvgIpc) is 2.51. The molecular formula is C16H18NO6P. The zero-order valence-corrected chi connectivity index (χ0v) is 13.8. The van der Waals surface area contributed by atoms with Gasteiger partial charge in [0.2, 0.25) is 0 Å². The number of benzene rings is 2. The number of carbonyl (C=O) groups is 1. The Morgan fingerprint density at radius 2 is 1.79 bits per heavy atom. The number of hydrogen-bond donors (Lipinski definition) is 3. The molecule has 0 heterocycles. The van der Waals surface area contributed by atoms with E-state index in [9.17, 15) is 14.3 Å². The van der Waals surface area contributed by atoms with Gasteiger partial charge in [0.1, 0.15) is 17.5 Å². The van der Waals surface area contributed by atoms with Crippen LogP contribution in [0, 0.1) is 6.92 Å². The number of aryl methyl sites for hydroxylation is 1. The molecule has 0 radical (unpaired) electrons. The van der Waals surface area contributed by atoms with E-state index in [4.69, 9.17) is 19.9 Å². The number of carboxylic acid groups (broad SMARTS) is 1. The van der Waals surface area contributed by atoms with E-state index in [1.165, 1.54) is 12.1 Å². The van der Waals surface area contributed by atoms with E-state index < -0.39 is 19.8 Å². The molecule has 2 aromatic rings. The fraction of sp³-hybridized carbons (Fsp3) is 0.188. The molecule has 0 aromatic heterocycles. The van der Waals surface area contributed by atoms with Gasteiger partial charge in [-0.2, -0.15) is 0 Å². The van der Waals surface area contributed by atoms with Gasteiger partial charge in [-0.05, 0) is 42.7 Å². The first-order valence-corrected chi connectivity index (χ1v) is 8.61. The second-order valence-corrected chi connectivity index (χ2v) is 6.51. The Labute approximate surface area is 139 Å². The quantitative estimate of drug-likeness (QED) is 0.656. The normalized spacial score (nSPS) is 14.5. The van der Waals surface area contributed by atoms with Crippen LogP contribution in [0.2, 0.25) is 0 Å². The van der Waals surface area contributed by atoms with Gasteiger partial charge < -0.3 is 19.9 Å². The molecule has 2 rings (SSSR count). The fourth-order valence-corrected chi connectivity index (χ4v) is 2.84. The summed E-state index contributed by atoms with van der Waals surface area (Å²) < 4.78 is 22.1. The molecule has 0 saturated carbocycles. The minimum atomic E-state index is -4.34. The van der Waals surface area contributed by atoms with Crippen LogP contribution in [-0.4, -0.2) is 22.0 Å². The van der Waals surface area contributed by atoms with Crippen LogP contribution in [0.5, 0.6) is 11.5 Å². The van der Waals surface area contributed by atoms with Crippen molar-refractivity contribution in [2.45, 2.75) is 19.4 Å². The molecule has 4 N–H and O–H groups in total. The van der Waals surface area contributed by atoms with Crippen LogP contribution in [-0.2, 0) is 15.8 Å². The first-order valence-electron chi connectivity index (χ1n) is 7.12. The van der Waals surface area contributed by atoms with Gasteiger partial charge in [0, 0.05) is 0 Å². The van der Waals surface area contributed by atoms with Crippen molar-refractivity contribution in [3.63, 3.8) is 0 Å². The first-order chi connectivity index (χ1) is 11.3. The van der Waals surface area contributed by atoms with Crippen LogP contribution >= 0.6 is 7.82 Å². The zero-order chi connectivity index (χ0) is 17.7. The monoisotopic (exact) mass is 351 g/mol. The molecule has 1 unspecified atom stereocenters. The van der Waals surface area contributed by atoms with Crippen LogP contribution in [0.15, 0.2) is 48.5 Å². The highest BCUT2D eigenvalue weighted by atomic mass is 31.2. The molecule has 24 heavy (non-hydrogen) atoms. The summed E-state index contributed by atoms with van der Waals surface area (Å²) >= 11 is 0. The lowest BCUT2D eigenvalue weighted by Gasteiger charge is -2.15. The van der Waals surface area contributed by atoms with Gasteiger partial charge in [-0.15, -0.1) is 0 Å². The largest absolute Gasteiger partial charge is 0.584 e. The fourth-order valence-electron chi connectivity index (χ4n) is 1.96. The maximum absolute atomic E-state index is 12.1. The van der Waals surface area contributed by atoms with E-state index in [-0.39, 0.29) is 17.9 Å². The summed E-state index contributed by atoms with van der Waals surface area (Å²) in [7, 11) is -4.34. The predicted molar refractivity (Wildman–Crippen MR) is 88.0 cm³/mol. The lowest BCUT2D eigenvalue weighted by atomic mass is 10.1. The number of para-hydroxylation sites is 1. The molecule has 2 atom stereocenters. The number of phosphoric acid groups is 1. The van der Waals surface area contributed by atoms with Gasteiger partial charge in [0.05, 0.1) is 0 Å². The summed E-state index contributed by atoms with van der Waals surface area (Å²) in [5.74, 6) is -0.712. The van der Waals surface area contributed by atoms with Crippen molar-refractivity contribution in [3.05, 3.63) is 59.7 Å². The summed E-state index contributed by atoms with van der Waals surface area (Å²) in [6.45, 7) is 1.75. The highest BCUT2D eigenvalue weighted by molar-refractivity contribution is 7.48. The molecule has 0 fully saturated rings. The van der Waals surface area contributed by atoms with Crippen molar-refractivity contribution in [3.8, 4) is 11.5 Å². The second-order valence-electron chi connectivity index (χ2n) is 5.21. The molecular weight excluding hydrogens is 333 g/mol. The first kappa shape index (κ1) is 18.0. The lowest BCUT2D eigenvalue weighted by Crippen LogP contribution is -2.32. The Morgan fingerprint density at radius 1 is 1.17 bits per heavy atom. The van der Waals surface area contributed by atoms with Crippen LogP contribution in [0.4, 0.5) is 0 Å². The summed E-state index contributed by atoms with van der Waals surface area (Å²) in [4.78, 5) is 20.6. The number of hydrogen-bond acceptors (Lipinski definition) is 5. The highest BCUT2D eigenvalue weighted by Gasteiger charge is 2.25. The van der Waals surface area contributed by atoms with Crippen LogP contribution < -0.4 is 14.8 Å². The Bertz CT molecular complexity index is 761. The molecule has 128 valence electrons. The number of nitrogens with two attached hydrogens (primary N) is 1. The molecule has 0 aliphatic carbocycles. The van der Waals surface area contributed by atoms with Crippen LogP contribution in [0.1, 0.15) is 11.1 Å². The van der Waals surface area contributed by atoms with E-state index in [1.807, 2.05) is 0 Å². The smallest absolute Gasteiger partial charge is 0.480 e. The van der Waals surface area contributed by atoms with Crippen molar-refractivity contribution < 1.29 is 28.4 Å². The maximum atomic E-state index is 12.1. The lowest BCUT2D eigenvalue weighted by molar-refractivity contribution is -0.138. The molecule has 0 aliphatic rings. The average molecular weight is 351 g/mol. The SMILES string of the molecule is Cc1ccccc1OP(=O)(O)Oc1ccc(C[C@H](N)C(=O)O)cc1. The van der Waals surface area contributed by atoms with Gasteiger partial charge in [0.15, 0.2) is 0 Å². The van der Waals surface area contributed by atoms with Gasteiger partial charge in [0.25, 0.3) is 0 Å². The number of aliphatic carboxylic acids is 1. The number of phosphoric ester groups is 1. The molecule has 8 heteroatoms. The zero-order valence-electron chi connectivity index (χ0n) is 13.0. The van der Waals surface area contributed by atoms with Gasteiger partial charge in [-0.1, -0.05) is 30.3 Å². The molecule has 0 spiro atoms. The third-order valence-electron chi connectivity index (χ3n) is 3.22. The maximum Gasteiger partial charge on any atom is 0.584 e. The standard InChI is InChI=1S/C16H18NO6P/c1-11-4-2-3-5-15(11)23-24(20,21)22-13-8-6-12(7-9-13)10-14(17)16(18)19/h2-9,14H,10,17H2,1H3,(H,18,19)(H,20,21)/t14-/m0/s1. The summed E-state index contributed by atoms with van der Waals surface area (Å²) in [5, 5.41) is 8.78.